The standard InChI is InChI=1S/C28H32N2O3/c1-28(2,3)17-8-11-20(27(31)32)23(14-17)26-21-12-9-18(29(4)5)15-24(21)33-25-16-19(30(6)7)10-13-22(25)26/h8-16,18H,1-7H3,(H,31,32)/p-1. The first kappa shape index (κ1) is 22.9. The van der Waals surface area contributed by atoms with Gasteiger partial charge in [0.15, 0.2) is 0 Å². The fourth-order valence-corrected chi connectivity index (χ4v) is 4.22. The number of aromatic carboxylic acids is 1. The Morgan fingerprint density at radius 1 is 1.00 bits per heavy atom. The SMILES string of the molecule is CN(C)c1ccc2c(c1)OC1=CC(N(C)C)C=CC1=C2c1cc(C(C)(C)C)ccc1C(=O)[O-]. The molecule has 0 fully saturated rings. The fourth-order valence-electron chi connectivity index (χ4n) is 4.22. The van der Waals surface area contributed by atoms with Crippen molar-refractivity contribution >= 4 is 17.2 Å². The van der Waals surface area contributed by atoms with Crippen molar-refractivity contribution in [2.75, 3.05) is 33.1 Å². The lowest BCUT2D eigenvalue weighted by atomic mass is 9.80. The number of nitrogens with zero attached hydrogens (tertiary/aromatic N) is 2. The van der Waals surface area contributed by atoms with Crippen LogP contribution in [0.25, 0.3) is 5.57 Å². The zero-order valence-corrected chi connectivity index (χ0v) is 20.4. The molecular weight excluding hydrogens is 412 g/mol. The van der Waals surface area contributed by atoms with Crippen LogP contribution in [0.15, 0.2) is 66.0 Å². The largest absolute Gasteiger partial charge is 0.545 e. The summed E-state index contributed by atoms with van der Waals surface area (Å²) in [4.78, 5) is 16.3. The lowest BCUT2D eigenvalue weighted by Crippen LogP contribution is -2.28. The van der Waals surface area contributed by atoms with E-state index >= 15 is 0 Å². The van der Waals surface area contributed by atoms with Crippen molar-refractivity contribution in [1.29, 1.82) is 0 Å². The number of allylic oxidation sites excluding steroid dienone is 1. The Kier molecular flexibility index (Phi) is 5.71. The Hall–Kier alpha value is -3.31. The Bertz CT molecular complexity index is 1210. The minimum Gasteiger partial charge on any atom is -0.545 e. The van der Waals surface area contributed by atoms with Crippen molar-refractivity contribution in [3.8, 4) is 5.75 Å². The molecule has 1 atom stereocenters. The molecule has 4 rings (SSSR count). The minimum atomic E-state index is -1.19. The van der Waals surface area contributed by atoms with E-state index in [1.807, 2.05) is 69.5 Å². The number of benzene rings is 2. The summed E-state index contributed by atoms with van der Waals surface area (Å²) in [5.74, 6) is 0.262. The highest BCUT2D eigenvalue weighted by atomic mass is 16.5. The lowest BCUT2D eigenvalue weighted by Gasteiger charge is -2.32. The van der Waals surface area contributed by atoms with E-state index in [1.165, 1.54) is 0 Å². The number of anilines is 1. The average Bonchev–Trinajstić information content (AvgIpc) is 2.75. The van der Waals surface area contributed by atoms with Crippen molar-refractivity contribution in [2.24, 2.45) is 0 Å². The van der Waals surface area contributed by atoms with Gasteiger partial charge in [0.05, 0.1) is 5.97 Å². The summed E-state index contributed by atoms with van der Waals surface area (Å²) in [6.45, 7) is 6.37. The molecule has 0 radical (unpaired) electrons. The molecule has 0 saturated heterocycles. The van der Waals surface area contributed by atoms with E-state index in [2.05, 4.69) is 37.8 Å². The van der Waals surface area contributed by atoms with Crippen LogP contribution in [0.4, 0.5) is 5.69 Å². The first-order chi connectivity index (χ1) is 15.5. The molecule has 0 amide bonds. The Morgan fingerprint density at radius 3 is 2.33 bits per heavy atom. The van der Waals surface area contributed by atoms with Crippen LogP contribution in [-0.2, 0) is 5.41 Å². The van der Waals surface area contributed by atoms with Gasteiger partial charge >= 0.3 is 0 Å². The van der Waals surface area contributed by atoms with Crippen LogP contribution in [0, 0.1) is 0 Å². The Labute approximate surface area is 196 Å². The summed E-state index contributed by atoms with van der Waals surface area (Å²) < 4.78 is 6.39. The highest BCUT2D eigenvalue weighted by molar-refractivity contribution is 6.00. The smallest absolute Gasteiger partial charge is 0.137 e. The van der Waals surface area contributed by atoms with E-state index < -0.39 is 5.97 Å². The molecule has 5 nitrogen and oxygen atoms in total. The lowest BCUT2D eigenvalue weighted by molar-refractivity contribution is -0.255. The number of carboxylic acid groups (broad SMARTS) is 1. The van der Waals surface area contributed by atoms with Crippen LogP contribution in [0.1, 0.15) is 47.8 Å². The highest BCUT2D eigenvalue weighted by Gasteiger charge is 2.30. The molecular formula is C28H31N2O3-. The number of likely N-dealkylation sites (N-methyl/N-ethyl adjacent to an activating group) is 1. The fraction of sp³-hybridized carbons (Fsp3) is 0.321. The van der Waals surface area contributed by atoms with Gasteiger partial charge in [0.25, 0.3) is 0 Å². The molecule has 1 aliphatic carbocycles. The number of ether oxygens (including phenoxy) is 1. The zero-order chi connectivity index (χ0) is 24.1. The van der Waals surface area contributed by atoms with Crippen molar-refractivity contribution in [3.05, 3.63) is 88.2 Å². The van der Waals surface area contributed by atoms with Crippen LogP contribution in [0.2, 0.25) is 0 Å². The molecule has 2 aromatic carbocycles. The number of carbonyl (C=O) groups excluding carboxylic acids is 1. The summed E-state index contributed by atoms with van der Waals surface area (Å²) in [6, 6.07) is 11.7. The van der Waals surface area contributed by atoms with Gasteiger partial charge in [-0.2, -0.15) is 0 Å². The third-order valence-corrected chi connectivity index (χ3v) is 6.26. The molecule has 0 saturated carbocycles. The number of carbonyl (C=O) groups is 1. The first-order valence-electron chi connectivity index (χ1n) is 11.1. The number of rotatable bonds is 4. The van der Waals surface area contributed by atoms with Crippen LogP contribution >= 0.6 is 0 Å². The van der Waals surface area contributed by atoms with Gasteiger partial charge in [0.2, 0.25) is 0 Å². The molecule has 0 N–H and O–H groups in total. The van der Waals surface area contributed by atoms with Gasteiger partial charge in [0, 0.05) is 54.2 Å². The Morgan fingerprint density at radius 2 is 1.73 bits per heavy atom. The molecule has 5 heteroatoms. The van der Waals surface area contributed by atoms with Crippen LogP contribution < -0.4 is 14.7 Å². The molecule has 2 aromatic rings. The summed E-state index contributed by atoms with van der Waals surface area (Å²) in [5, 5.41) is 12.2. The van der Waals surface area contributed by atoms with E-state index in [0.717, 1.165) is 33.7 Å². The van der Waals surface area contributed by atoms with Crippen molar-refractivity contribution in [3.63, 3.8) is 0 Å². The molecule has 1 unspecified atom stereocenters. The number of hydrogen-bond acceptors (Lipinski definition) is 5. The molecule has 0 spiro atoms. The van der Waals surface area contributed by atoms with Gasteiger partial charge in [-0.1, -0.05) is 45.1 Å². The summed E-state index contributed by atoms with van der Waals surface area (Å²) in [6.07, 6.45) is 6.22. The van der Waals surface area contributed by atoms with Crippen molar-refractivity contribution < 1.29 is 14.6 Å². The van der Waals surface area contributed by atoms with Crippen molar-refractivity contribution in [2.45, 2.75) is 32.2 Å². The van der Waals surface area contributed by atoms with Gasteiger partial charge in [-0.05, 0) is 54.9 Å². The van der Waals surface area contributed by atoms with E-state index in [-0.39, 0.29) is 17.0 Å². The van der Waals surface area contributed by atoms with Crippen molar-refractivity contribution in [1.82, 2.24) is 4.90 Å². The molecule has 1 heterocycles. The highest BCUT2D eigenvalue weighted by Crippen LogP contribution is 2.45. The second-order valence-corrected chi connectivity index (χ2v) is 10.1. The van der Waals surface area contributed by atoms with Gasteiger partial charge < -0.3 is 19.5 Å². The van der Waals surface area contributed by atoms with E-state index in [9.17, 15) is 9.90 Å². The molecule has 0 bridgehead atoms. The number of fused-ring (bicyclic) bond motifs is 2. The second-order valence-electron chi connectivity index (χ2n) is 10.1. The topological polar surface area (TPSA) is 55.8 Å². The zero-order valence-electron chi connectivity index (χ0n) is 20.4. The third kappa shape index (κ3) is 4.21. The maximum atomic E-state index is 12.2. The van der Waals surface area contributed by atoms with Gasteiger partial charge in [-0.3, -0.25) is 4.90 Å². The van der Waals surface area contributed by atoms with E-state index in [0.29, 0.717) is 11.3 Å². The molecule has 1 aliphatic heterocycles. The normalized spacial score (nSPS) is 17.3. The third-order valence-electron chi connectivity index (χ3n) is 6.26. The first-order valence-corrected chi connectivity index (χ1v) is 11.1. The van der Waals surface area contributed by atoms with Crippen LogP contribution in [-0.4, -0.2) is 45.1 Å². The quantitative estimate of drug-likeness (QED) is 0.715. The molecule has 172 valence electrons. The van der Waals surface area contributed by atoms with Gasteiger partial charge in [-0.25, -0.2) is 0 Å². The van der Waals surface area contributed by atoms with Crippen LogP contribution in [0.3, 0.4) is 0 Å². The molecule has 0 aromatic heterocycles. The Balaban J connectivity index is 2.04. The minimum absolute atomic E-state index is 0.0881. The van der Waals surface area contributed by atoms with Gasteiger partial charge in [0.1, 0.15) is 11.5 Å². The van der Waals surface area contributed by atoms with Gasteiger partial charge in [-0.15, -0.1) is 0 Å². The maximum absolute atomic E-state index is 12.2. The predicted molar refractivity (Wildman–Crippen MR) is 132 cm³/mol. The average molecular weight is 444 g/mol. The summed E-state index contributed by atoms with van der Waals surface area (Å²) in [5.41, 5.74) is 5.37. The second kappa shape index (κ2) is 8.23. The number of hydrogen-bond donors (Lipinski definition) is 0. The summed E-state index contributed by atoms with van der Waals surface area (Å²) in [7, 11) is 8.00. The van der Waals surface area contributed by atoms with Crippen LogP contribution in [0.5, 0.6) is 5.75 Å². The van der Waals surface area contributed by atoms with E-state index in [1.54, 1.807) is 6.07 Å². The number of carboxylic acids is 1. The molecule has 2 aliphatic rings. The predicted octanol–water partition coefficient (Wildman–Crippen LogP) is 3.99. The maximum Gasteiger partial charge on any atom is 0.137 e. The summed E-state index contributed by atoms with van der Waals surface area (Å²) >= 11 is 0. The molecule has 33 heavy (non-hydrogen) atoms. The van der Waals surface area contributed by atoms with E-state index in [4.69, 9.17) is 4.74 Å². The monoisotopic (exact) mass is 443 g/mol.